The number of hydrogen-bond acceptors (Lipinski definition) is 2. The molecular formula is C18H21F2NO2. The minimum Gasteiger partial charge on any atom is -0.433 e. The first-order valence-electron chi connectivity index (χ1n) is 8.39. The largest absolute Gasteiger partial charge is 0.433 e. The highest BCUT2D eigenvalue weighted by atomic mass is 19.3. The van der Waals surface area contributed by atoms with Crippen molar-refractivity contribution in [1.29, 1.82) is 0 Å². The Morgan fingerprint density at radius 3 is 2.22 bits per heavy atom. The van der Waals surface area contributed by atoms with Gasteiger partial charge in [0, 0.05) is 0 Å². The quantitative estimate of drug-likeness (QED) is 0.890. The third-order valence-electron chi connectivity index (χ3n) is 5.87. The summed E-state index contributed by atoms with van der Waals surface area (Å²) >= 11 is 0. The molecule has 4 fully saturated rings. The van der Waals surface area contributed by atoms with Crippen LogP contribution in [0.4, 0.5) is 14.5 Å². The summed E-state index contributed by atoms with van der Waals surface area (Å²) in [5.74, 6) is 2.01. The Hall–Kier alpha value is -1.65. The van der Waals surface area contributed by atoms with Gasteiger partial charge in [-0.3, -0.25) is 4.79 Å². The molecule has 23 heavy (non-hydrogen) atoms. The molecule has 124 valence electrons. The summed E-state index contributed by atoms with van der Waals surface area (Å²) in [7, 11) is 0. The smallest absolute Gasteiger partial charge is 0.387 e. The highest BCUT2D eigenvalue weighted by molar-refractivity contribution is 5.96. The van der Waals surface area contributed by atoms with Crippen molar-refractivity contribution >= 4 is 11.6 Å². The number of anilines is 1. The molecule has 4 aliphatic rings. The summed E-state index contributed by atoms with van der Waals surface area (Å²) in [4.78, 5) is 12.9. The van der Waals surface area contributed by atoms with Crippen molar-refractivity contribution < 1.29 is 18.3 Å². The van der Waals surface area contributed by atoms with Crippen LogP contribution in [0.5, 0.6) is 5.75 Å². The lowest BCUT2D eigenvalue weighted by Gasteiger charge is -2.55. The second kappa shape index (κ2) is 5.46. The van der Waals surface area contributed by atoms with Crippen LogP contribution < -0.4 is 10.1 Å². The summed E-state index contributed by atoms with van der Waals surface area (Å²) in [5.41, 5.74) is 0.0423. The Kier molecular flexibility index (Phi) is 3.54. The fraction of sp³-hybridized carbons (Fsp3) is 0.611. The van der Waals surface area contributed by atoms with Crippen LogP contribution in [0.1, 0.15) is 38.5 Å². The van der Waals surface area contributed by atoms with Crippen LogP contribution in [0.3, 0.4) is 0 Å². The number of carbonyl (C=O) groups excluding carboxylic acids is 1. The maximum atomic E-state index is 12.9. The van der Waals surface area contributed by atoms with Crippen molar-refractivity contribution in [2.75, 3.05) is 5.32 Å². The first-order valence-corrected chi connectivity index (χ1v) is 8.39. The molecule has 0 aromatic heterocycles. The van der Waals surface area contributed by atoms with E-state index in [4.69, 9.17) is 0 Å². The van der Waals surface area contributed by atoms with E-state index >= 15 is 0 Å². The zero-order valence-electron chi connectivity index (χ0n) is 12.9. The number of rotatable bonds is 4. The van der Waals surface area contributed by atoms with Crippen LogP contribution in [0.2, 0.25) is 0 Å². The number of amides is 1. The van der Waals surface area contributed by atoms with Crippen LogP contribution in [-0.2, 0) is 4.79 Å². The van der Waals surface area contributed by atoms with Crippen molar-refractivity contribution in [1.82, 2.24) is 0 Å². The minimum absolute atomic E-state index is 0.0121. The Morgan fingerprint density at radius 2 is 1.65 bits per heavy atom. The van der Waals surface area contributed by atoms with Crippen LogP contribution in [0.25, 0.3) is 0 Å². The molecule has 1 aromatic carbocycles. The lowest BCUT2D eigenvalue weighted by molar-refractivity contribution is -0.140. The SMILES string of the molecule is O=C(Nc1ccccc1OC(F)F)C12CC3CC(CC(C3)C1)C2. The molecule has 0 unspecified atom stereocenters. The van der Waals surface area contributed by atoms with E-state index in [0.717, 1.165) is 19.3 Å². The van der Waals surface area contributed by atoms with E-state index < -0.39 is 6.61 Å². The maximum absolute atomic E-state index is 12.9. The molecule has 3 nitrogen and oxygen atoms in total. The molecule has 4 aliphatic carbocycles. The number of ether oxygens (including phenoxy) is 1. The Bertz CT molecular complexity index is 582. The lowest BCUT2D eigenvalue weighted by atomic mass is 9.49. The number of halogens is 2. The van der Waals surface area contributed by atoms with Gasteiger partial charge in [0.05, 0.1) is 11.1 Å². The zero-order chi connectivity index (χ0) is 16.0. The highest BCUT2D eigenvalue weighted by Gasteiger charge is 2.54. The molecule has 1 amide bonds. The summed E-state index contributed by atoms with van der Waals surface area (Å²) in [6, 6.07) is 6.42. The highest BCUT2D eigenvalue weighted by Crippen LogP contribution is 2.60. The molecule has 4 bridgehead atoms. The van der Waals surface area contributed by atoms with Crippen LogP contribution in [0, 0.1) is 23.2 Å². The van der Waals surface area contributed by atoms with E-state index in [1.165, 1.54) is 25.3 Å². The third-order valence-corrected chi connectivity index (χ3v) is 5.87. The Morgan fingerprint density at radius 1 is 1.09 bits per heavy atom. The van der Waals surface area contributed by atoms with Crippen molar-refractivity contribution in [2.45, 2.75) is 45.1 Å². The summed E-state index contributed by atoms with van der Waals surface area (Å²) in [5, 5.41) is 2.88. The number of carbonyl (C=O) groups is 1. The Balaban J connectivity index is 1.55. The number of nitrogens with one attached hydrogen (secondary N) is 1. The zero-order valence-corrected chi connectivity index (χ0v) is 12.9. The van der Waals surface area contributed by atoms with E-state index in [2.05, 4.69) is 10.1 Å². The van der Waals surface area contributed by atoms with Crippen molar-refractivity contribution in [2.24, 2.45) is 23.2 Å². The van der Waals surface area contributed by atoms with E-state index in [1.54, 1.807) is 18.2 Å². The van der Waals surface area contributed by atoms with E-state index in [0.29, 0.717) is 23.4 Å². The van der Waals surface area contributed by atoms with Gasteiger partial charge in [0.2, 0.25) is 5.91 Å². The molecule has 0 spiro atoms. The van der Waals surface area contributed by atoms with Crippen molar-refractivity contribution in [3.05, 3.63) is 24.3 Å². The van der Waals surface area contributed by atoms with E-state index in [1.807, 2.05) is 0 Å². The number of para-hydroxylation sites is 2. The first kappa shape index (κ1) is 14.9. The molecule has 1 aromatic rings. The third kappa shape index (κ3) is 2.70. The van der Waals surface area contributed by atoms with Gasteiger partial charge in [0.15, 0.2) is 0 Å². The molecule has 0 saturated heterocycles. The van der Waals surface area contributed by atoms with Crippen molar-refractivity contribution in [3.8, 4) is 5.75 Å². The topological polar surface area (TPSA) is 38.3 Å². The average molecular weight is 321 g/mol. The van der Waals surface area contributed by atoms with Gasteiger partial charge in [-0.05, 0) is 68.4 Å². The van der Waals surface area contributed by atoms with Gasteiger partial charge in [0.1, 0.15) is 5.75 Å². The number of benzene rings is 1. The first-order chi connectivity index (χ1) is 11.0. The fourth-order valence-electron chi connectivity index (χ4n) is 5.41. The average Bonchev–Trinajstić information content (AvgIpc) is 2.47. The molecule has 0 heterocycles. The molecule has 5 heteroatoms. The molecular weight excluding hydrogens is 300 g/mol. The predicted octanol–water partition coefficient (Wildman–Crippen LogP) is 4.44. The second-order valence-electron chi connectivity index (χ2n) is 7.53. The summed E-state index contributed by atoms with van der Waals surface area (Å²) in [6.45, 7) is -2.90. The molecule has 0 atom stereocenters. The van der Waals surface area contributed by atoms with E-state index in [9.17, 15) is 13.6 Å². The molecule has 4 saturated carbocycles. The Labute approximate surface area is 134 Å². The second-order valence-corrected chi connectivity index (χ2v) is 7.53. The van der Waals surface area contributed by atoms with Gasteiger partial charge in [0.25, 0.3) is 0 Å². The van der Waals surface area contributed by atoms with E-state index in [-0.39, 0.29) is 17.1 Å². The molecule has 1 N–H and O–H groups in total. The predicted molar refractivity (Wildman–Crippen MR) is 82.3 cm³/mol. The minimum atomic E-state index is -2.90. The molecule has 5 rings (SSSR count). The lowest BCUT2D eigenvalue weighted by Crippen LogP contribution is -2.51. The van der Waals surface area contributed by atoms with Gasteiger partial charge in [-0.25, -0.2) is 0 Å². The van der Waals surface area contributed by atoms with Crippen LogP contribution >= 0.6 is 0 Å². The van der Waals surface area contributed by atoms with Crippen molar-refractivity contribution in [3.63, 3.8) is 0 Å². The summed E-state index contributed by atoms with van der Waals surface area (Å²) in [6.07, 6.45) is 6.63. The summed E-state index contributed by atoms with van der Waals surface area (Å²) < 4.78 is 29.6. The normalized spacial score (nSPS) is 34.7. The fourth-order valence-corrected chi connectivity index (χ4v) is 5.41. The van der Waals surface area contributed by atoms with Crippen LogP contribution in [0.15, 0.2) is 24.3 Å². The number of hydrogen-bond donors (Lipinski definition) is 1. The van der Waals surface area contributed by atoms with Gasteiger partial charge >= 0.3 is 6.61 Å². The number of alkyl halides is 2. The van der Waals surface area contributed by atoms with Gasteiger partial charge in [-0.15, -0.1) is 0 Å². The standard InChI is InChI=1S/C18H21F2NO2/c19-17(20)23-15-4-2-1-3-14(15)21-16(22)18-8-11-5-12(9-18)7-13(6-11)10-18/h1-4,11-13,17H,5-10H2,(H,21,22). The monoisotopic (exact) mass is 321 g/mol. The maximum Gasteiger partial charge on any atom is 0.387 e. The van der Waals surface area contributed by atoms with Gasteiger partial charge in [-0.1, -0.05) is 12.1 Å². The molecule has 0 aliphatic heterocycles. The van der Waals surface area contributed by atoms with Gasteiger partial charge in [-0.2, -0.15) is 8.78 Å². The molecule has 0 radical (unpaired) electrons. The van der Waals surface area contributed by atoms with Crippen LogP contribution in [-0.4, -0.2) is 12.5 Å². The van der Waals surface area contributed by atoms with Gasteiger partial charge < -0.3 is 10.1 Å².